The maximum Gasteiger partial charge on any atom is 0.178 e. The molecule has 0 unspecified atom stereocenters. The van der Waals surface area contributed by atoms with Crippen molar-refractivity contribution in [3.8, 4) is 5.82 Å². The number of hydrogen-bond donors (Lipinski definition) is 1. The summed E-state index contributed by atoms with van der Waals surface area (Å²) in [4.78, 5) is 8.27. The van der Waals surface area contributed by atoms with Gasteiger partial charge < -0.3 is 5.32 Å². The zero-order chi connectivity index (χ0) is 14.7. The van der Waals surface area contributed by atoms with Crippen LogP contribution in [0.1, 0.15) is 5.56 Å². The van der Waals surface area contributed by atoms with Gasteiger partial charge in [-0.1, -0.05) is 27.5 Å². The molecule has 2 aromatic heterocycles. The molecule has 0 aliphatic rings. The fraction of sp³-hybridized carbons (Fsp3) is 0.0714. The molecule has 0 saturated carbocycles. The van der Waals surface area contributed by atoms with Crippen LogP contribution in [0.5, 0.6) is 0 Å². The van der Waals surface area contributed by atoms with Gasteiger partial charge in [-0.3, -0.25) is 0 Å². The van der Waals surface area contributed by atoms with Crippen molar-refractivity contribution in [2.45, 2.75) is 6.54 Å². The molecule has 21 heavy (non-hydrogen) atoms. The minimum Gasteiger partial charge on any atom is -0.378 e. The summed E-state index contributed by atoms with van der Waals surface area (Å²) in [7, 11) is 0. The van der Waals surface area contributed by atoms with Crippen LogP contribution in [-0.4, -0.2) is 19.7 Å². The van der Waals surface area contributed by atoms with E-state index in [1.807, 2.05) is 30.3 Å². The predicted molar refractivity (Wildman–Crippen MR) is 85.6 cm³/mol. The van der Waals surface area contributed by atoms with Crippen LogP contribution in [0.3, 0.4) is 0 Å². The van der Waals surface area contributed by atoms with Gasteiger partial charge in [-0.2, -0.15) is 5.10 Å². The number of aromatic nitrogens is 4. The molecule has 0 aliphatic heterocycles. The molecular weight excluding hydrogens is 354 g/mol. The highest BCUT2D eigenvalue weighted by Crippen LogP contribution is 2.23. The quantitative estimate of drug-likeness (QED) is 0.767. The van der Waals surface area contributed by atoms with Gasteiger partial charge in [0, 0.05) is 22.2 Å². The molecule has 0 saturated heterocycles. The summed E-state index contributed by atoms with van der Waals surface area (Å²) in [6.45, 7) is 0.589. The minimum atomic E-state index is 0.589. The Kier molecular flexibility index (Phi) is 4.17. The molecule has 1 aromatic carbocycles. The average molecular weight is 365 g/mol. The molecule has 0 bridgehead atoms. The van der Waals surface area contributed by atoms with Crippen molar-refractivity contribution in [1.29, 1.82) is 0 Å². The summed E-state index contributed by atoms with van der Waals surface area (Å²) in [5, 5.41) is 8.15. The third-order valence-corrected chi connectivity index (χ3v) is 3.76. The van der Waals surface area contributed by atoms with Crippen LogP contribution in [0.4, 0.5) is 5.69 Å². The molecule has 0 spiro atoms. The molecule has 5 nitrogen and oxygen atoms in total. The van der Waals surface area contributed by atoms with Gasteiger partial charge in [0.1, 0.15) is 12.7 Å². The van der Waals surface area contributed by atoms with Crippen molar-refractivity contribution in [2.24, 2.45) is 0 Å². The van der Waals surface area contributed by atoms with E-state index in [1.165, 1.54) is 6.33 Å². The lowest BCUT2D eigenvalue weighted by Crippen LogP contribution is -2.07. The van der Waals surface area contributed by atoms with Gasteiger partial charge in [0.15, 0.2) is 5.82 Å². The van der Waals surface area contributed by atoms with E-state index < -0.39 is 0 Å². The summed E-state index contributed by atoms with van der Waals surface area (Å²) in [6, 6.07) is 9.57. The number of anilines is 1. The molecule has 0 atom stereocenters. The van der Waals surface area contributed by atoms with Gasteiger partial charge in [-0.05, 0) is 35.9 Å². The van der Waals surface area contributed by atoms with Crippen LogP contribution in [-0.2, 0) is 6.54 Å². The summed E-state index contributed by atoms with van der Waals surface area (Å²) in [5.41, 5.74) is 1.86. The highest BCUT2D eigenvalue weighted by molar-refractivity contribution is 9.10. The number of nitrogens with zero attached hydrogens (tertiary/aromatic N) is 4. The Hall–Kier alpha value is -1.92. The average Bonchev–Trinajstić information content (AvgIpc) is 3.03. The fourth-order valence-electron chi connectivity index (χ4n) is 1.90. The van der Waals surface area contributed by atoms with Gasteiger partial charge in [-0.15, -0.1) is 0 Å². The Morgan fingerprint density at radius 1 is 1.29 bits per heavy atom. The van der Waals surface area contributed by atoms with Crippen LogP contribution in [0.25, 0.3) is 5.82 Å². The molecule has 0 amide bonds. The van der Waals surface area contributed by atoms with Crippen molar-refractivity contribution < 1.29 is 0 Å². The first-order chi connectivity index (χ1) is 10.2. The van der Waals surface area contributed by atoms with Crippen LogP contribution >= 0.6 is 27.5 Å². The second kappa shape index (κ2) is 6.24. The summed E-state index contributed by atoms with van der Waals surface area (Å²) in [6.07, 6.45) is 4.80. The largest absolute Gasteiger partial charge is 0.378 e. The van der Waals surface area contributed by atoms with Crippen molar-refractivity contribution in [1.82, 2.24) is 19.7 Å². The van der Waals surface area contributed by atoms with E-state index in [2.05, 4.69) is 36.3 Å². The first kappa shape index (κ1) is 14.0. The van der Waals surface area contributed by atoms with Gasteiger partial charge in [0.25, 0.3) is 0 Å². The Labute approximate surface area is 135 Å². The molecule has 0 fully saturated rings. The smallest absolute Gasteiger partial charge is 0.178 e. The molecule has 3 aromatic rings. The summed E-state index contributed by atoms with van der Waals surface area (Å²) < 4.78 is 2.61. The van der Waals surface area contributed by atoms with Crippen LogP contribution in [0.2, 0.25) is 5.02 Å². The van der Waals surface area contributed by atoms with Crippen LogP contribution in [0, 0.1) is 0 Å². The molecule has 1 N–H and O–H groups in total. The highest BCUT2D eigenvalue weighted by atomic mass is 79.9. The second-order valence-electron chi connectivity index (χ2n) is 4.30. The van der Waals surface area contributed by atoms with E-state index in [0.717, 1.165) is 20.7 Å². The lowest BCUT2D eigenvalue weighted by molar-refractivity contribution is 0.844. The van der Waals surface area contributed by atoms with Crippen molar-refractivity contribution in [3.63, 3.8) is 0 Å². The number of halogens is 2. The lowest BCUT2D eigenvalue weighted by Gasteiger charge is -2.11. The number of benzene rings is 1. The molecule has 0 aliphatic carbocycles. The van der Waals surface area contributed by atoms with Crippen molar-refractivity contribution in [3.05, 3.63) is 64.2 Å². The lowest BCUT2D eigenvalue weighted by atomic mass is 10.2. The Bertz CT molecular complexity index is 745. The monoisotopic (exact) mass is 363 g/mol. The third kappa shape index (κ3) is 3.22. The molecule has 106 valence electrons. The zero-order valence-electron chi connectivity index (χ0n) is 10.9. The number of pyridine rings is 1. The van der Waals surface area contributed by atoms with E-state index in [0.29, 0.717) is 12.4 Å². The van der Waals surface area contributed by atoms with Gasteiger partial charge in [-0.25, -0.2) is 14.6 Å². The zero-order valence-corrected chi connectivity index (χ0v) is 13.2. The molecular formula is C14H11BrClN5. The van der Waals surface area contributed by atoms with Crippen molar-refractivity contribution >= 4 is 33.2 Å². The van der Waals surface area contributed by atoms with E-state index in [-0.39, 0.29) is 0 Å². The third-order valence-electron chi connectivity index (χ3n) is 2.90. The van der Waals surface area contributed by atoms with E-state index in [9.17, 15) is 0 Å². The highest BCUT2D eigenvalue weighted by Gasteiger charge is 2.07. The van der Waals surface area contributed by atoms with Crippen LogP contribution in [0.15, 0.2) is 53.7 Å². The number of hydrogen-bond acceptors (Lipinski definition) is 4. The maximum atomic E-state index is 6.20. The predicted octanol–water partition coefficient (Wildman–Crippen LogP) is 3.69. The topological polar surface area (TPSA) is 55.6 Å². The number of rotatable bonds is 4. The van der Waals surface area contributed by atoms with Crippen molar-refractivity contribution in [2.75, 3.05) is 5.32 Å². The molecule has 7 heteroatoms. The van der Waals surface area contributed by atoms with Gasteiger partial charge in [0.05, 0.1) is 5.69 Å². The van der Waals surface area contributed by atoms with E-state index in [4.69, 9.17) is 11.6 Å². The van der Waals surface area contributed by atoms with E-state index in [1.54, 1.807) is 17.2 Å². The Morgan fingerprint density at radius 3 is 3.00 bits per heavy atom. The van der Waals surface area contributed by atoms with Crippen LogP contribution < -0.4 is 5.32 Å². The first-order valence-electron chi connectivity index (χ1n) is 6.22. The van der Waals surface area contributed by atoms with Gasteiger partial charge >= 0.3 is 0 Å². The van der Waals surface area contributed by atoms with E-state index >= 15 is 0 Å². The molecule has 3 rings (SSSR count). The van der Waals surface area contributed by atoms with Gasteiger partial charge in [0.2, 0.25) is 0 Å². The molecule has 0 radical (unpaired) electrons. The normalized spacial score (nSPS) is 10.6. The minimum absolute atomic E-state index is 0.589. The standard InChI is InChI=1S/C14H11BrClN5/c15-11-3-4-12(16)10(6-11)7-19-13-2-1-5-18-14(13)21-9-17-8-20-21/h1-6,8-9,19H,7H2. The summed E-state index contributed by atoms with van der Waals surface area (Å²) >= 11 is 9.65. The molecule has 2 heterocycles. The Balaban J connectivity index is 1.84. The second-order valence-corrected chi connectivity index (χ2v) is 5.63. The first-order valence-corrected chi connectivity index (χ1v) is 7.39. The fourth-order valence-corrected chi connectivity index (χ4v) is 2.50. The Morgan fingerprint density at radius 2 is 2.19 bits per heavy atom. The SMILES string of the molecule is Clc1ccc(Br)cc1CNc1cccnc1-n1cncn1. The maximum absolute atomic E-state index is 6.20. The number of nitrogens with one attached hydrogen (secondary N) is 1. The summed E-state index contributed by atoms with van der Waals surface area (Å²) in [5.74, 6) is 0.695.